The summed E-state index contributed by atoms with van der Waals surface area (Å²) in [5.41, 5.74) is 6.31. The van der Waals surface area contributed by atoms with Crippen molar-refractivity contribution in [2.75, 3.05) is 0 Å². The van der Waals surface area contributed by atoms with Crippen LogP contribution in [0.2, 0.25) is 11.3 Å². The molecule has 0 amide bonds. The molecule has 1 N–H and O–H groups in total. The van der Waals surface area contributed by atoms with Crippen LogP contribution < -0.4 is 5.72 Å². The average molecular weight is 391 g/mol. The van der Waals surface area contributed by atoms with Crippen LogP contribution in [0.4, 0.5) is 0 Å². The molecule has 3 aromatic rings. The fourth-order valence-corrected chi connectivity index (χ4v) is 4.86. The van der Waals surface area contributed by atoms with Crippen LogP contribution in [-0.4, -0.2) is 17.2 Å². The molecule has 0 saturated heterocycles. The van der Waals surface area contributed by atoms with Gasteiger partial charge in [0.2, 0.25) is 7.28 Å². The SMILES string of the molecule is Cc1nc(BCC(c2ccccc2)c2cccc(Cl)c2)[nH]c1C1CCCCC1. The number of aromatic nitrogens is 2. The molecular formula is C24H28BClN2. The summed E-state index contributed by atoms with van der Waals surface area (Å²) in [5, 5.41) is 0.798. The minimum Gasteiger partial charge on any atom is -0.354 e. The van der Waals surface area contributed by atoms with Gasteiger partial charge >= 0.3 is 0 Å². The van der Waals surface area contributed by atoms with E-state index in [4.69, 9.17) is 16.6 Å². The van der Waals surface area contributed by atoms with Crippen molar-refractivity contribution in [1.82, 2.24) is 9.97 Å². The fraction of sp³-hybridized carbons (Fsp3) is 0.375. The Morgan fingerprint density at radius 1 is 1.04 bits per heavy atom. The number of hydrogen-bond acceptors (Lipinski definition) is 1. The van der Waals surface area contributed by atoms with E-state index in [1.165, 1.54) is 54.6 Å². The van der Waals surface area contributed by atoms with Crippen LogP contribution in [0, 0.1) is 6.92 Å². The van der Waals surface area contributed by atoms with Crippen molar-refractivity contribution < 1.29 is 0 Å². The largest absolute Gasteiger partial charge is 0.354 e. The van der Waals surface area contributed by atoms with Crippen LogP contribution in [0.15, 0.2) is 54.6 Å². The number of hydrogen-bond donors (Lipinski definition) is 1. The zero-order valence-electron chi connectivity index (χ0n) is 16.6. The van der Waals surface area contributed by atoms with Gasteiger partial charge in [-0.3, -0.25) is 0 Å². The van der Waals surface area contributed by atoms with E-state index in [1.807, 2.05) is 12.1 Å². The van der Waals surface area contributed by atoms with E-state index in [1.54, 1.807) is 0 Å². The minimum absolute atomic E-state index is 0.323. The maximum absolute atomic E-state index is 6.29. The Hall–Kier alpha value is -2.00. The first kappa shape index (κ1) is 19.3. The number of aryl methyl sites for hydroxylation is 1. The Labute approximate surface area is 174 Å². The highest BCUT2D eigenvalue weighted by molar-refractivity contribution is 6.51. The Bertz CT molecular complexity index is 900. The van der Waals surface area contributed by atoms with E-state index in [-0.39, 0.29) is 0 Å². The summed E-state index contributed by atoms with van der Waals surface area (Å²) in [6.07, 6.45) is 7.71. The van der Waals surface area contributed by atoms with Crippen molar-refractivity contribution in [2.24, 2.45) is 0 Å². The highest BCUT2D eigenvalue weighted by Crippen LogP contribution is 2.33. The predicted molar refractivity (Wildman–Crippen MR) is 120 cm³/mol. The highest BCUT2D eigenvalue weighted by Gasteiger charge is 2.21. The van der Waals surface area contributed by atoms with Gasteiger partial charge in [-0.15, -0.1) is 0 Å². The van der Waals surface area contributed by atoms with Crippen LogP contribution in [0.1, 0.15) is 66.5 Å². The Morgan fingerprint density at radius 3 is 2.54 bits per heavy atom. The third-order valence-electron chi connectivity index (χ3n) is 6.11. The summed E-state index contributed by atoms with van der Waals surface area (Å²) in [7, 11) is 0.944. The summed E-state index contributed by atoms with van der Waals surface area (Å²) >= 11 is 6.29. The summed E-state index contributed by atoms with van der Waals surface area (Å²) in [6, 6.07) is 19.0. The zero-order chi connectivity index (χ0) is 19.3. The maximum Gasteiger partial charge on any atom is 0.205 e. The third-order valence-corrected chi connectivity index (χ3v) is 6.34. The van der Waals surface area contributed by atoms with Crippen LogP contribution in [0.5, 0.6) is 0 Å². The molecule has 2 nitrogen and oxygen atoms in total. The molecule has 1 unspecified atom stereocenters. The van der Waals surface area contributed by atoms with E-state index in [0.29, 0.717) is 11.8 Å². The van der Waals surface area contributed by atoms with E-state index < -0.39 is 0 Å². The molecule has 1 heterocycles. The molecule has 0 radical (unpaired) electrons. The van der Waals surface area contributed by atoms with Crippen molar-refractivity contribution in [2.45, 2.75) is 57.2 Å². The van der Waals surface area contributed by atoms with Gasteiger partial charge in [-0.05, 0) is 43.0 Å². The second-order valence-electron chi connectivity index (χ2n) is 8.07. The molecule has 0 spiro atoms. The number of nitrogens with one attached hydrogen (secondary N) is 1. The standard InChI is InChI=1S/C24H28BClN2/c1-17-23(19-11-6-3-7-12-19)28-24(27-17)25-16-22(18-9-4-2-5-10-18)20-13-8-14-21(26)15-20/h2,4-5,8-10,13-15,19,22,25H,3,6-7,11-12,16H2,1H3,(H,27,28). The van der Waals surface area contributed by atoms with E-state index in [2.05, 4.69) is 54.4 Å². The van der Waals surface area contributed by atoms with Gasteiger partial charge in [-0.2, -0.15) is 0 Å². The van der Waals surface area contributed by atoms with Crippen LogP contribution >= 0.6 is 11.6 Å². The molecule has 4 rings (SSSR count). The zero-order valence-corrected chi connectivity index (χ0v) is 17.4. The first-order valence-electron chi connectivity index (χ1n) is 10.6. The van der Waals surface area contributed by atoms with Gasteiger partial charge in [0.05, 0.1) is 11.4 Å². The van der Waals surface area contributed by atoms with Crippen molar-refractivity contribution >= 4 is 24.6 Å². The van der Waals surface area contributed by atoms with Gasteiger partial charge in [-0.1, -0.05) is 79.6 Å². The highest BCUT2D eigenvalue weighted by atomic mass is 35.5. The molecule has 0 aliphatic heterocycles. The second-order valence-corrected chi connectivity index (χ2v) is 8.51. The normalized spacial score (nSPS) is 16.1. The molecule has 1 aliphatic carbocycles. The van der Waals surface area contributed by atoms with Crippen LogP contribution in [0.25, 0.3) is 0 Å². The van der Waals surface area contributed by atoms with Crippen molar-refractivity contribution in [3.05, 3.63) is 82.1 Å². The number of imidazole rings is 1. The van der Waals surface area contributed by atoms with Gasteiger partial charge < -0.3 is 4.98 Å². The lowest BCUT2D eigenvalue weighted by atomic mass is 9.65. The minimum atomic E-state index is 0.323. The van der Waals surface area contributed by atoms with Crippen LogP contribution in [-0.2, 0) is 0 Å². The van der Waals surface area contributed by atoms with Crippen molar-refractivity contribution in [1.29, 1.82) is 0 Å². The van der Waals surface area contributed by atoms with Gasteiger partial charge in [0.15, 0.2) is 0 Å². The second kappa shape index (κ2) is 9.00. The first-order chi connectivity index (χ1) is 13.7. The smallest absolute Gasteiger partial charge is 0.205 e. The summed E-state index contributed by atoms with van der Waals surface area (Å²) < 4.78 is 0. The van der Waals surface area contributed by atoms with Gasteiger partial charge in [-0.25, -0.2) is 4.98 Å². The van der Waals surface area contributed by atoms with Crippen LogP contribution in [0.3, 0.4) is 0 Å². The van der Waals surface area contributed by atoms with Gasteiger partial charge in [0.1, 0.15) is 0 Å². The molecule has 1 fully saturated rings. The van der Waals surface area contributed by atoms with E-state index in [0.717, 1.165) is 24.3 Å². The summed E-state index contributed by atoms with van der Waals surface area (Å²) in [4.78, 5) is 8.56. The monoisotopic (exact) mass is 390 g/mol. The lowest BCUT2D eigenvalue weighted by Gasteiger charge is -2.21. The van der Waals surface area contributed by atoms with Crippen molar-refractivity contribution in [3.8, 4) is 0 Å². The number of rotatable bonds is 6. The van der Waals surface area contributed by atoms with Gasteiger partial charge in [0, 0.05) is 22.6 Å². The Balaban J connectivity index is 1.53. The Kier molecular flexibility index (Phi) is 6.21. The quantitative estimate of drug-likeness (QED) is 0.535. The molecule has 1 saturated carbocycles. The molecule has 144 valence electrons. The molecule has 4 heteroatoms. The third kappa shape index (κ3) is 4.52. The summed E-state index contributed by atoms with van der Waals surface area (Å²) in [6.45, 7) is 2.16. The molecule has 1 atom stereocenters. The number of H-pyrrole nitrogens is 1. The fourth-order valence-electron chi connectivity index (χ4n) is 4.66. The molecule has 28 heavy (non-hydrogen) atoms. The molecule has 2 aromatic carbocycles. The number of aromatic amines is 1. The first-order valence-corrected chi connectivity index (χ1v) is 10.9. The summed E-state index contributed by atoms with van der Waals surface area (Å²) in [5.74, 6) is 0.997. The predicted octanol–water partition coefficient (Wildman–Crippen LogP) is 5.73. The topological polar surface area (TPSA) is 28.7 Å². The molecular weight excluding hydrogens is 363 g/mol. The Morgan fingerprint density at radius 2 is 1.79 bits per heavy atom. The number of nitrogens with zero attached hydrogens (tertiary/aromatic N) is 1. The number of halogens is 1. The average Bonchev–Trinajstić information content (AvgIpc) is 3.10. The lowest BCUT2D eigenvalue weighted by Crippen LogP contribution is -2.21. The van der Waals surface area contributed by atoms with Gasteiger partial charge in [0.25, 0.3) is 0 Å². The van der Waals surface area contributed by atoms with E-state index >= 15 is 0 Å². The van der Waals surface area contributed by atoms with E-state index in [9.17, 15) is 0 Å². The van der Waals surface area contributed by atoms with Crippen molar-refractivity contribution in [3.63, 3.8) is 0 Å². The molecule has 0 bridgehead atoms. The lowest BCUT2D eigenvalue weighted by molar-refractivity contribution is 0.436. The molecule has 1 aliphatic rings. The number of benzene rings is 2. The molecule has 1 aromatic heterocycles. The maximum atomic E-state index is 6.29.